The van der Waals surface area contributed by atoms with Gasteiger partial charge in [-0.1, -0.05) is 0 Å². The summed E-state index contributed by atoms with van der Waals surface area (Å²) in [5.74, 6) is -4.98. The second kappa shape index (κ2) is 5.93. The molecule has 1 aliphatic rings. The number of carboxylic acids is 1. The van der Waals surface area contributed by atoms with Crippen molar-refractivity contribution >= 4 is 12.1 Å². The van der Waals surface area contributed by atoms with Crippen molar-refractivity contribution in [2.45, 2.75) is 64.0 Å². The Hall–Kier alpha value is -1.40. The van der Waals surface area contributed by atoms with Gasteiger partial charge in [-0.2, -0.15) is 0 Å². The van der Waals surface area contributed by atoms with Crippen LogP contribution in [0.4, 0.5) is 13.6 Å². The quantitative estimate of drug-likeness (QED) is 0.839. The van der Waals surface area contributed by atoms with Crippen LogP contribution in [0.1, 0.15) is 46.5 Å². The normalized spacial score (nSPS) is 23.8. The van der Waals surface area contributed by atoms with Gasteiger partial charge in [-0.05, 0) is 39.5 Å². The number of aliphatic carboxylic acids is 1. The molecule has 1 saturated carbocycles. The first-order valence-electron chi connectivity index (χ1n) is 6.60. The van der Waals surface area contributed by atoms with Crippen LogP contribution >= 0.6 is 0 Å². The topological polar surface area (TPSA) is 75.6 Å². The van der Waals surface area contributed by atoms with E-state index in [1.54, 1.807) is 20.8 Å². The molecule has 0 unspecified atom stereocenters. The average Bonchev–Trinajstić information content (AvgIpc) is 2.21. The Morgan fingerprint density at radius 2 is 2.00 bits per heavy atom. The lowest BCUT2D eigenvalue weighted by atomic mass is 9.82. The lowest BCUT2D eigenvalue weighted by molar-refractivity contribution is -0.143. The number of ether oxygens (including phenoxy) is 1. The third-order valence-electron chi connectivity index (χ3n) is 3.09. The Labute approximate surface area is 116 Å². The second-order valence-corrected chi connectivity index (χ2v) is 6.17. The van der Waals surface area contributed by atoms with Crippen LogP contribution in [0.25, 0.3) is 0 Å². The predicted molar refractivity (Wildman–Crippen MR) is 67.7 cm³/mol. The molecule has 2 N–H and O–H groups in total. The summed E-state index contributed by atoms with van der Waals surface area (Å²) in [7, 11) is 0. The van der Waals surface area contributed by atoms with Gasteiger partial charge in [-0.25, -0.2) is 18.4 Å². The van der Waals surface area contributed by atoms with E-state index in [9.17, 15) is 18.4 Å². The van der Waals surface area contributed by atoms with Crippen molar-refractivity contribution in [2.24, 2.45) is 5.92 Å². The molecular weight excluding hydrogens is 272 g/mol. The van der Waals surface area contributed by atoms with E-state index in [-0.39, 0.29) is 12.8 Å². The number of alkyl halides is 2. The number of amides is 1. The summed E-state index contributed by atoms with van der Waals surface area (Å²) in [6.07, 6.45) is -1.07. The fourth-order valence-corrected chi connectivity index (χ4v) is 2.31. The monoisotopic (exact) mass is 293 g/mol. The number of hydrogen-bond donors (Lipinski definition) is 2. The number of rotatable bonds is 3. The SMILES string of the molecule is CC(C)(C)OC(=O)N[C@H](C(=O)O)[C@H]1CCCC(F)(F)C1. The molecule has 1 amide bonds. The Balaban J connectivity index is 2.70. The third-order valence-corrected chi connectivity index (χ3v) is 3.09. The fourth-order valence-electron chi connectivity index (χ4n) is 2.31. The lowest BCUT2D eigenvalue weighted by Crippen LogP contribution is -2.49. The van der Waals surface area contributed by atoms with E-state index >= 15 is 0 Å². The zero-order valence-electron chi connectivity index (χ0n) is 11.9. The fraction of sp³-hybridized carbons (Fsp3) is 0.846. The van der Waals surface area contributed by atoms with Gasteiger partial charge in [0.05, 0.1) is 0 Å². The third kappa shape index (κ3) is 5.30. The molecule has 5 nitrogen and oxygen atoms in total. The molecule has 0 bridgehead atoms. The van der Waals surface area contributed by atoms with Gasteiger partial charge >= 0.3 is 12.1 Å². The number of carboxylic acid groups (broad SMARTS) is 1. The molecule has 7 heteroatoms. The van der Waals surface area contributed by atoms with Crippen molar-refractivity contribution in [3.05, 3.63) is 0 Å². The van der Waals surface area contributed by atoms with E-state index in [2.05, 4.69) is 5.32 Å². The molecular formula is C13H21F2NO4. The van der Waals surface area contributed by atoms with Crippen LogP contribution in [0.5, 0.6) is 0 Å². The number of hydrogen-bond acceptors (Lipinski definition) is 3. The van der Waals surface area contributed by atoms with Crippen LogP contribution < -0.4 is 5.32 Å². The maximum Gasteiger partial charge on any atom is 0.408 e. The van der Waals surface area contributed by atoms with Gasteiger partial charge in [-0.3, -0.25) is 0 Å². The molecule has 0 radical (unpaired) electrons. The Morgan fingerprint density at radius 1 is 1.40 bits per heavy atom. The van der Waals surface area contributed by atoms with Gasteiger partial charge < -0.3 is 15.2 Å². The molecule has 1 rings (SSSR count). The molecule has 0 heterocycles. The van der Waals surface area contributed by atoms with Crippen LogP contribution in [-0.2, 0) is 9.53 Å². The maximum absolute atomic E-state index is 13.3. The first-order chi connectivity index (χ1) is 9.00. The highest BCUT2D eigenvalue weighted by Crippen LogP contribution is 2.38. The molecule has 116 valence electrons. The van der Waals surface area contributed by atoms with Crippen molar-refractivity contribution in [1.82, 2.24) is 5.32 Å². The van der Waals surface area contributed by atoms with E-state index in [4.69, 9.17) is 9.84 Å². The summed E-state index contributed by atoms with van der Waals surface area (Å²) in [5, 5.41) is 11.3. The molecule has 1 aliphatic carbocycles. The van der Waals surface area contributed by atoms with Gasteiger partial charge in [0.25, 0.3) is 0 Å². The molecule has 0 spiro atoms. The Morgan fingerprint density at radius 3 is 2.45 bits per heavy atom. The van der Waals surface area contributed by atoms with Crippen LogP contribution in [0.3, 0.4) is 0 Å². The first-order valence-corrected chi connectivity index (χ1v) is 6.60. The minimum atomic E-state index is -2.87. The predicted octanol–water partition coefficient (Wildman–Crippen LogP) is 2.79. The van der Waals surface area contributed by atoms with Gasteiger partial charge in [0, 0.05) is 12.8 Å². The first kappa shape index (κ1) is 16.7. The zero-order valence-corrected chi connectivity index (χ0v) is 11.9. The van der Waals surface area contributed by atoms with Crippen molar-refractivity contribution in [3.8, 4) is 0 Å². The van der Waals surface area contributed by atoms with Crippen LogP contribution in [0.2, 0.25) is 0 Å². The Kier molecular flexibility index (Phi) is 4.94. The van der Waals surface area contributed by atoms with E-state index in [0.717, 1.165) is 0 Å². The standard InChI is InChI=1S/C13H21F2NO4/c1-12(2,3)20-11(19)16-9(10(17)18)8-5-4-6-13(14,15)7-8/h8-9H,4-7H2,1-3H3,(H,16,19)(H,17,18)/t8-,9-/m0/s1. The van der Waals surface area contributed by atoms with Gasteiger partial charge in [0.15, 0.2) is 0 Å². The van der Waals surface area contributed by atoms with E-state index < -0.39 is 42.0 Å². The van der Waals surface area contributed by atoms with E-state index in [1.807, 2.05) is 0 Å². The summed E-state index contributed by atoms with van der Waals surface area (Å²) in [6.45, 7) is 4.91. The van der Waals surface area contributed by atoms with Crippen LogP contribution in [0, 0.1) is 5.92 Å². The molecule has 0 saturated heterocycles. The smallest absolute Gasteiger partial charge is 0.408 e. The number of nitrogens with one attached hydrogen (secondary N) is 1. The van der Waals surface area contributed by atoms with Crippen molar-refractivity contribution < 1.29 is 28.2 Å². The second-order valence-electron chi connectivity index (χ2n) is 6.17. The highest BCUT2D eigenvalue weighted by molar-refractivity contribution is 5.80. The van der Waals surface area contributed by atoms with Crippen molar-refractivity contribution in [2.75, 3.05) is 0 Å². The van der Waals surface area contributed by atoms with Crippen LogP contribution in [0.15, 0.2) is 0 Å². The van der Waals surface area contributed by atoms with Gasteiger partial charge in [-0.15, -0.1) is 0 Å². The molecule has 0 aliphatic heterocycles. The Bertz CT molecular complexity index is 379. The minimum Gasteiger partial charge on any atom is -0.480 e. The van der Waals surface area contributed by atoms with Crippen molar-refractivity contribution in [3.63, 3.8) is 0 Å². The molecule has 1 fully saturated rings. The minimum absolute atomic E-state index is 0.234. The zero-order chi connectivity index (χ0) is 15.6. The lowest BCUT2D eigenvalue weighted by Gasteiger charge is -2.33. The largest absolute Gasteiger partial charge is 0.480 e. The highest BCUT2D eigenvalue weighted by Gasteiger charge is 2.42. The van der Waals surface area contributed by atoms with Crippen molar-refractivity contribution in [1.29, 1.82) is 0 Å². The van der Waals surface area contributed by atoms with Gasteiger partial charge in [0.2, 0.25) is 5.92 Å². The number of carbonyl (C=O) groups is 2. The molecule has 20 heavy (non-hydrogen) atoms. The molecule has 0 aromatic rings. The summed E-state index contributed by atoms with van der Waals surface area (Å²) in [4.78, 5) is 22.8. The molecule has 2 atom stereocenters. The highest BCUT2D eigenvalue weighted by atomic mass is 19.3. The van der Waals surface area contributed by atoms with Crippen LogP contribution in [-0.4, -0.2) is 34.7 Å². The number of carbonyl (C=O) groups excluding carboxylic acids is 1. The van der Waals surface area contributed by atoms with E-state index in [1.165, 1.54) is 0 Å². The summed E-state index contributed by atoms with van der Waals surface area (Å²) in [5.41, 5.74) is -0.774. The number of halogens is 2. The number of alkyl carbamates (subject to hydrolysis) is 1. The molecule has 0 aromatic carbocycles. The van der Waals surface area contributed by atoms with Gasteiger partial charge in [0.1, 0.15) is 11.6 Å². The summed E-state index contributed by atoms with van der Waals surface area (Å²) in [6, 6.07) is -1.35. The van der Waals surface area contributed by atoms with E-state index in [0.29, 0.717) is 6.42 Å². The maximum atomic E-state index is 13.3. The summed E-state index contributed by atoms with van der Waals surface area (Å²) < 4.78 is 31.7. The average molecular weight is 293 g/mol. The molecule has 0 aromatic heterocycles. The summed E-state index contributed by atoms with van der Waals surface area (Å²) >= 11 is 0.